The van der Waals surface area contributed by atoms with Gasteiger partial charge in [-0.1, -0.05) is 0 Å². The zero-order chi connectivity index (χ0) is 25.6. The number of rotatable bonds is 3. The molecule has 3 N–H and O–H groups in total. The molecule has 4 heterocycles. The van der Waals surface area contributed by atoms with Crippen LogP contribution in [0.25, 0.3) is 11.3 Å². The summed E-state index contributed by atoms with van der Waals surface area (Å²) in [5, 5.41) is 5.10. The molecule has 4 rings (SSSR count). The number of primary sulfonamides is 1. The van der Waals surface area contributed by atoms with Crippen molar-refractivity contribution in [3.8, 4) is 0 Å². The Labute approximate surface area is 215 Å². The van der Waals surface area contributed by atoms with Crippen molar-refractivity contribution in [3.05, 3.63) is 57.3 Å². The molecule has 0 atom stereocenters. The van der Waals surface area contributed by atoms with E-state index < -0.39 is 25.6 Å². The molecule has 34 heavy (non-hydrogen) atoms. The number of hydrogen-bond donors (Lipinski definition) is 2. The van der Waals surface area contributed by atoms with Crippen LogP contribution >= 0.6 is 31.9 Å². The van der Waals surface area contributed by atoms with E-state index in [1.807, 2.05) is 6.92 Å². The van der Waals surface area contributed by atoms with Gasteiger partial charge in [0.1, 0.15) is 9.79 Å². The number of hydrogen-bond acceptors (Lipinski definition) is 6. The third-order valence-electron chi connectivity index (χ3n) is 4.25. The van der Waals surface area contributed by atoms with Gasteiger partial charge in [-0.2, -0.15) is 0 Å². The second-order valence-corrected chi connectivity index (χ2v) is 13.7. The molecule has 4 aromatic heterocycles. The van der Waals surface area contributed by atoms with Crippen LogP contribution in [0, 0.1) is 13.8 Å². The van der Waals surface area contributed by atoms with E-state index in [2.05, 4.69) is 46.5 Å². The molecule has 0 fully saturated rings. The summed E-state index contributed by atoms with van der Waals surface area (Å²) in [6.45, 7) is 9.02. The topological polar surface area (TPSA) is 141 Å². The number of sulfonamides is 2. The lowest BCUT2D eigenvalue weighted by Crippen LogP contribution is -2.40. The van der Waals surface area contributed by atoms with Crippen LogP contribution in [0.3, 0.4) is 0 Å². The number of nitrogens with zero attached hydrogens (tertiary/aromatic N) is 4. The summed E-state index contributed by atoms with van der Waals surface area (Å²) >= 11 is 6.54. The minimum Gasteiger partial charge on any atom is -0.305 e. The number of fused-ring (bicyclic) bond motifs is 2. The summed E-state index contributed by atoms with van der Waals surface area (Å²) in [6, 6.07) is 3.01. The first kappa shape index (κ1) is 26.8. The predicted octanol–water partition coefficient (Wildman–Crippen LogP) is 3.53. The molecule has 0 radical (unpaired) electrons. The molecule has 0 aliphatic carbocycles. The Hall–Kier alpha value is -1.84. The van der Waals surface area contributed by atoms with Gasteiger partial charge in [0.15, 0.2) is 11.3 Å². The number of halogens is 2. The van der Waals surface area contributed by atoms with E-state index in [9.17, 15) is 16.8 Å². The molecule has 0 saturated carbocycles. The van der Waals surface area contributed by atoms with E-state index >= 15 is 0 Å². The summed E-state index contributed by atoms with van der Waals surface area (Å²) in [7, 11) is -7.37. The van der Waals surface area contributed by atoms with Gasteiger partial charge in [0, 0.05) is 39.3 Å². The lowest BCUT2D eigenvalue weighted by Gasteiger charge is -2.20. The summed E-state index contributed by atoms with van der Waals surface area (Å²) < 4.78 is 54.8. The van der Waals surface area contributed by atoms with E-state index in [-0.39, 0.29) is 9.79 Å². The minimum absolute atomic E-state index is 0.0185. The van der Waals surface area contributed by atoms with Gasteiger partial charge in [0.25, 0.3) is 0 Å². The lowest BCUT2D eigenvalue weighted by atomic mass is 10.1. The van der Waals surface area contributed by atoms with Crippen LogP contribution < -0.4 is 9.86 Å². The van der Waals surface area contributed by atoms with E-state index in [1.165, 1.54) is 6.07 Å². The van der Waals surface area contributed by atoms with Crippen molar-refractivity contribution in [2.45, 2.75) is 49.9 Å². The highest BCUT2D eigenvalue weighted by molar-refractivity contribution is 9.10. The molecule has 184 valence electrons. The molecule has 0 amide bonds. The van der Waals surface area contributed by atoms with Gasteiger partial charge in [0.05, 0.1) is 11.4 Å². The van der Waals surface area contributed by atoms with E-state index in [1.54, 1.807) is 67.4 Å². The van der Waals surface area contributed by atoms with Gasteiger partial charge < -0.3 is 8.80 Å². The summed E-state index contributed by atoms with van der Waals surface area (Å²) in [4.78, 5) is 8.57. The molecule has 4 aromatic rings. The molecule has 14 heteroatoms. The van der Waals surface area contributed by atoms with E-state index in [0.29, 0.717) is 20.2 Å². The molecule has 0 unspecified atom stereocenters. The highest BCUT2D eigenvalue weighted by Gasteiger charge is 2.25. The van der Waals surface area contributed by atoms with Crippen LogP contribution in [0.2, 0.25) is 0 Å². The van der Waals surface area contributed by atoms with Gasteiger partial charge in [-0.3, -0.25) is 0 Å². The fourth-order valence-corrected chi connectivity index (χ4v) is 6.67. The van der Waals surface area contributed by atoms with Gasteiger partial charge in [-0.25, -0.2) is 36.7 Å². The average Bonchev–Trinajstić information content (AvgIpc) is 3.18. The SMILES string of the molecule is Cc1cn2cc(Br)cc(S(=O)(=O)NC(C)(C)C)c2n1.Cc1cn2cc(Br)cc(S(N)(=O)=O)c2n1. The maximum atomic E-state index is 12.4. The largest absolute Gasteiger partial charge is 0.305 e. The molecule has 0 aliphatic heterocycles. The van der Waals surface area contributed by atoms with Crippen molar-refractivity contribution >= 4 is 63.2 Å². The smallest absolute Gasteiger partial charge is 0.244 e. The van der Waals surface area contributed by atoms with Crippen molar-refractivity contribution in [2.24, 2.45) is 5.14 Å². The number of pyridine rings is 2. The van der Waals surface area contributed by atoms with E-state index in [0.717, 1.165) is 11.4 Å². The predicted molar refractivity (Wildman–Crippen MR) is 137 cm³/mol. The third kappa shape index (κ3) is 6.23. The summed E-state index contributed by atoms with van der Waals surface area (Å²) in [5.41, 5.74) is 1.73. The molecule has 0 bridgehead atoms. The monoisotopic (exact) mass is 634 g/mol. The van der Waals surface area contributed by atoms with Crippen LogP contribution in [-0.2, 0) is 20.0 Å². The molecule has 0 saturated heterocycles. The lowest BCUT2D eigenvalue weighted by molar-refractivity contribution is 0.491. The van der Waals surface area contributed by atoms with Crippen molar-refractivity contribution in [3.63, 3.8) is 0 Å². The third-order valence-corrected chi connectivity index (χ3v) is 7.79. The summed E-state index contributed by atoms with van der Waals surface area (Å²) in [6.07, 6.45) is 7.03. The number of aryl methyl sites for hydroxylation is 2. The first-order chi connectivity index (χ1) is 15.5. The molecule has 10 nitrogen and oxygen atoms in total. The van der Waals surface area contributed by atoms with Gasteiger partial charge >= 0.3 is 0 Å². The second kappa shape index (κ2) is 9.32. The zero-order valence-electron chi connectivity index (χ0n) is 19.0. The zero-order valence-corrected chi connectivity index (χ0v) is 23.8. The average molecular weight is 636 g/mol. The normalized spacial score (nSPS) is 12.7. The fraction of sp³-hybridized carbons (Fsp3) is 0.300. The first-order valence-corrected chi connectivity index (χ1v) is 14.4. The van der Waals surface area contributed by atoms with Gasteiger partial charge in [-0.15, -0.1) is 0 Å². The van der Waals surface area contributed by atoms with Crippen molar-refractivity contribution in [2.75, 3.05) is 0 Å². The Morgan fingerprint density at radius 3 is 1.65 bits per heavy atom. The Balaban J connectivity index is 0.000000196. The van der Waals surface area contributed by atoms with Crippen LogP contribution in [0.4, 0.5) is 0 Å². The van der Waals surface area contributed by atoms with Crippen molar-refractivity contribution < 1.29 is 16.8 Å². The van der Waals surface area contributed by atoms with Crippen LogP contribution in [0.15, 0.2) is 55.7 Å². The number of nitrogens with two attached hydrogens (primary N) is 1. The fourth-order valence-electron chi connectivity index (χ4n) is 3.18. The first-order valence-electron chi connectivity index (χ1n) is 9.83. The number of imidazole rings is 2. The van der Waals surface area contributed by atoms with Crippen molar-refractivity contribution in [1.29, 1.82) is 0 Å². The van der Waals surface area contributed by atoms with Crippen LogP contribution in [-0.4, -0.2) is 41.1 Å². The Morgan fingerprint density at radius 1 is 0.824 bits per heavy atom. The minimum atomic E-state index is -3.75. The number of aromatic nitrogens is 4. The molecule has 0 spiro atoms. The quantitative estimate of drug-likeness (QED) is 0.353. The van der Waals surface area contributed by atoms with Crippen molar-refractivity contribution in [1.82, 2.24) is 23.5 Å². The molecular weight excluding hydrogens is 612 g/mol. The Morgan fingerprint density at radius 2 is 1.24 bits per heavy atom. The standard InChI is InChI=1S/C12H16BrN3O2S.C8H8BrN3O2S/c1-8-6-16-7-9(13)5-10(11(16)14-8)19(17,18)15-12(2,3)4;1-5-3-12-4-6(9)2-7(8(12)11-5)15(10,13)14/h5-7,15H,1-4H3;2-4H,1H3,(H2,10,13,14). The molecular formula is C20H24Br2N6O4S2. The number of nitrogens with one attached hydrogen (secondary N) is 1. The molecule has 0 aliphatic rings. The maximum Gasteiger partial charge on any atom is 0.244 e. The van der Waals surface area contributed by atoms with Gasteiger partial charge in [-0.05, 0) is 78.6 Å². The van der Waals surface area contributed by atoms with Crippen LogP contribution in [0.1, 0.15) is 32.2 Å². The second-order valence-electron chi connectivity index (χ2n) is 8.67. The van der Waals surface area contributed by atoms with Gasteiger partial charge in [0.2, 0.25) is 20.0 Å². The maximum absolute atomic E-state index is 12.4. The molecule has 0 aromatic carbocycles. The highest BCUT2D eigenvalue weighted by atomic mass is 79.9. The highest BCUT2D eigenvalue weighted by Crippen LogP contribution is 2.23. The summed E-state index contributed by atoms with van der Waals surface area (Å²) in [5.74, 6) is 0. The Bertz CT molecular complexity index is 1600. The van der Waals surface area contributed by atoms with E-state index in [4.69, 9.17) is 5.14 Å². The van der Waals surface area contributed by atoms with Crippen LogP contribution in [0.5, 0.6) is 0 Å². The Kier molecular flexibility index (Phi) is 7.33.